The first-order valence-corrected chi connectivity index (χ1v) is 9.50. The van der Waals surface area contributed by atoms with Crippen LogP contribution in [0, 0.1) is 0 Å². The van der Waals surface area contributed by atoms with Crippen molar-refractivity contribution in [1.29, 1.82) is 0 Å². The van der Waals surface area contributed by atoms with Gasteiger partial charge in [-0.1, -0.05) is 0 Å². The monoisotopic (exact) mass is 406 g/mol. The maximum Gasteiger partial charge on any atom is 0.181 e. The average Bonchev–Trinajstić information content (AvgIpc) is 3.43. The third kappa shape index (κ3) is 2.87. The van der Waals surface area contributed by atoms with Gasteiger partial charge in [0.1, 0.15) is 11.4 Å². The fraction of sp³-hybridized carbons (Fsp3) is 0. The van der Waals surface area contributed by atoms with Gasteiger partial charge in [0.2, 0.25) is 0 Å². The van der Waals surface area contributed by atoms with Gasteiger partial charge in [0.25, 0.3) is 0 Å². The minimum absolute atomic E-state index is 0.0945. The summed E-state index contributed by atoms with van der Waals surface area (Å²) in [6, 6.07) is 9.42. The van der Waals surface area contributed by atoms with Crippen LogP contribution in [-0.2, 0) is 0 Å². The summed E-state index contributed by atoms with van der Waals surface area (Å²) in [6.07, 6.45) is 10.0. The van der Waals surface area contributed by atoms with Crippen LogP contribution in [0.4, 0.5) is 0 Å². The number of rotatable bonds is 3. The molecular weight excluding hydrogens is 392 g/mol. The van der Waals surface area contributed by atoms with Crippen LogP contribution >= 0.6 is 0 Å². The van der Waals surface area contributed by atoms with Gasteiger partial charge in [-0.15, -0.1) is 0 Å². The molecule has 31 heavy (non-hydrogen) atoms. The van der Waals surface area contributed by atoms with E-state index in [0.717, 1.165) is 33.2 Å². The molecule has 0 aliphatic heterocycles. The molecule has 6 rings (SSSR count). The molecule has 0 aromatic carbocycles. The first kappa shape index (κ1) is 17.2. The SMILES string of the molecule is Oc1cncc(-c2cnc3n[nH]c(-c4nc5nccc(-c6ccncc6)c5[nH]4)c3c2)c1. The Labute approximate surface area is 174 Å². The van der Waals surface area contributed by atoms with Crippen LogP contribution in [0.25, 0.3) is 56.0 Å². The molecule has 0 aliphatic carbocycles. The molecule has 0 saturated heterocycles. The summed E-state index contributed by atoms with van der Waals surface area (Å²) in [7, 11) is 0. The van der Waals surface area contributed by atoms with E-state index in [-0.39, 0.29) is 5.75 Å². The van der Waals surface area contributed by atoms with E-state index in [1.54, 1.807) is 37.1 Å². The number of aromatic hydroxyl groups is 1. The van der Waals surface area contributed by atoms with Crippen molar-refractivity contribution in [2.75, 3.05) is 0 Å². The van der Waals surface area contributed by atoms with E-state index in [0.29, 0.717) is 22.8 Å². The fourth-order valence-electron chi connectivity index (χ4n) is 3.63. The smallest absolute Gasteiger partial charge is 0.181 e. The van der Waals surface area contributed by atoms with Crippen molar-refractivity contribution in [3.63, 3.8) is 0 Å². The zero-order valence-corrected chi connectivity index (χ0v) is 16.0. The minimum Gasteiger partial charge on any atom is -0.506 e. The lowest BCUT2D eigenvalue weighted by atomic mass is 10.1. The Morgan fingerprint density at radius 1 is 0.774 bits per heavy atom. The zero-order valence-electron chi connectivity index (χ0n) is 16.0. The Kier molecular flexibility index (Phi) is 3.72. The number of H-pyrrole nitrogens is 2. The van der Waals surface area contributed by atoms with Gasteiger partial charge < -0.3 is 10.1 Å². The van der Waals surface area contributed by atoms with E-state index in [1.165, 1.54) is 6.20 Å². The molecule has 3 N–H and O–H groups in total. The lowest BCUT2D eigenvalue weighted by molar-refractivity contribution is 0.473. The standard InChI is InChI=1S/C22H14N8O/c31-15-7-13(9-24-11-15)14-8-17-19(29-30-20(17)26-10-14)22-27-18-16(3-6-25-21(18)28-22)12-1-4-23-5-2-12/h1-11,31H,(H,25,27,28)(H,26,29,30). The molecule has 0 spiro atoms. The molecule has 0 fully saturated rings. The van der Waals surface area contributed by atoms with Crippen LogP contribution in [0.5, 0.6) is 5.75 Å². The topological polar surface area (TPSA) is 129 Å². The van der Waals surface area contributed by atoms with E-state index >= 15 is 0 Å². The van der Waals surface area contributed by atoms with E-state index in [4.69, 9.17) is 0 Å². The summed E-state index contributed by atoms with van der Waals surface area (Å²) in [5, 5.41) is 17.9. The molecule has 0 radical (unpaired) electrons. The summed E-state index contributed by atoms with van der Waals surface area (Å²) in [5.41, 5.74) is 6.27. The van der Waals surface area contributed by atoms with E-state index < -0.39 is 0 Å². The van der Waals surface area contributed by atoms with E-state index in [1.807, 2.05) is 24.3 Å². The number of fused-ring (bicyclic) bond motifs is 2. The molecule has 6 aromatic rings. The molecule has 0 amide bonds. The quantitative estimate of drug-likeness (QED) is 0.408. The number of aromatic amines is 2. The fourth-order valence-corrected chi connectivity index (χ4v) is 3.63. The molecule has 0 aliphatic rings. The lowest BCUT2D eigenvalue weighted by Gasteiger charge is -2.02. The van der Waals surface area contributed by atoms with Crippen LogP contribution < -0.4 is 0 Å². The van der Waals surface area contributed by atoms with Gasteiger partial charge in [0, 0.05) is 47.7 Å². The highest BCUT2D eigenvalue weighted by molar-refractivity contribution is 5.96. The number of imidazole rings is 1. The Hall–Kier alpha value is -4.66. The van der Waals surface area contributed by atoms with Crippen LogP contribution in [0.3, 0.4) is 0 Å². The van der Waals surface area contributed by atoms with Crippen molar-refractivity contribution < 1.29 is 5.11 Å². The molecule has 0 atom stereocenters. The Balaban J connectivity index is 1.51. The maximum atomic E-state index is 9.75. The van der Waals surface area contributed by atoms with Gasteiger partial charge in [-0.05, 0) is 35.9 Å². The van der Waals surface area contributed by atoms with Crippen molar-refractivity contribution in [3.05, 3.63) is 67.5 Å². The largest absolute Gasteiger partial charge is 0.506 e. The maximum absolute atomic E-state index is 9.75. The Morgan fingerprint density at radius 3 is 2.52 bits per heavy atom. The molecule has 6 aromatic heterocycles. The summed E-state index contributed by atoms with van der Waals surface area (Å²) < 4.78 is 0. The van der Waals surface area contributed by atoms with Crippen molar-refractivity contribution >= 4 is 22.2 Å². The van der Waals surface area contributed by atoms with Crippen LogP contribution in [-0.4, -0.2) is 45.2 Å². The highest BCUT2D eigenvalue weighted by Crippen LogP contribution is 2.31. The number of hydrogen-bond acceptors (Lipinski definition) is 7. The van der Waals surface area contributed by atoms with Crippen molar-refractivity contribution in [2.24, 2.45) is 0 Å². The van der Waals surface area contributed by atoms with E-state index in [9.17, 15) is 5.11 Å². The predicted octanol–water partition coefficient (Wildman–Crippen LogP) is 3.73. The van der Waals surface area contributed by atoms with Gasteiger partial charge in [0.15, 0.2) is 17.1 Å². The lowest BCUT2D eigenvalue weighted by Crippen LogP contribution is -1.85. The van der Waals surface area contributed by atoms with Crippen molar-refractivity contribution in [1.82, 2.24) is 40.1 Å². The number of nitrogens with one attached hydrogen (secondary N) is 2. The minimum atomic E-state index is 0.0945. The normalized spacial score (nSPS) is 11.4. The first-order chi connectivity index (χ1) is 15.3. The summed E-state index contributed by atoms with van der Waals surface area (Å²) in [4.78, 5) is 25.0. The predicted molar refractivity (Wildman–Crippen MR) is 115 cm³/mol. The molecule has 0 unspecified atom stereocenters. The van der Waals surface area contributed by atoms with Crippen LogP contribution in [0.1, 0.15) is 0 Å². The van der Waals surface area contributed by atoms with Gasteiger partial charge in [-0.3, -0.25) is 15.1 Å². The van der Waals surface area contributed by atoms with Crippen LogP contribution in [0.15, 0.2) is 67.5 Å². The first-order valence-electron chi connectivity index (χ1n) is 9.50. The number of hydrogen-bond donors (Lipinski definition) is 3. The zero-order chi connectivity index (χ0) is 20.8. The molecule has 9 heteroatoms. The van der Waals surface area contributed by atoms with Gasteiger partial charge in [0.05, 0.1) is 17.1 Å². The highest BCUT2D eigenvalue weighted by atomic mass is 16.3. The number of nitrogens with zero attached hydrogens (tertiary/aromatic N) is 6. The average molecular weight is 406 g/mol. The van der Waals surface area contributed by atoms with Crippen LogP contribution in [0.2, 0.25) is 0 Å². The van der Waals surface area contributed by atoms with Gasteiger partial charge in [-0.25, -0.2) is 15.0 Å². The molecule has 9 nitrogen and oxygen atoms in total. The molecular formula is C22H14N8O. The van der Waals surface area contributed by atoms with Gasteiger partial charge >= 0.3 is 0 Å². The molecule has 148 valence electrons. The summed E-state index contributed by atoms with van der Waals surface area (Å²) in [6.45, 7) is 0. The van der Waals surface area contributed by atoms with Crippen molar-refractivity contribution in [3.8, 4) is 39.5 Å². The molecule has 0 bridgehead atoms. The summed E-state index contributed by atoms with van der Waals surface area (Å²) >= 11 is 0. The third-order valence-corrected chi connectivity index (χ3v) is 5.09. The van der Waals surface area contributed by atoms with Crippen molar-refractivity contribution in [2.45, 2.75) is 0 Å². The second kappa shape index (κ2) is 6.70. The second-order valence-electron chi connectivity index (χ2n) is 7.00. The Morgan fingerprint density at radius 2 is 1.65 bits per heavy atom. The molecule has 6 heterocycles. The number of aromatic nitrogens is 8. The molecule has 0 saturated carbocycles. The third-order valence-electron chi connectivity index (χ3n) is 5.09. The Bertz CT molecular complexity index is 1550. The summed E-state index contributed by atoms with van der Waals surface area (Å²) in [5.74, 6) is 0.705. The van der Waals surface area contributed by atoms with Gasteiger partial charge in [-0.2, -0.15) is 5.10 Å². The highest BCUT2D eigenvalue weighted by Gasteiger charge is 2.16. The number of pyridine rings is 4. The second-order valence-corrected chi connectivity index (χ2v) is 7.00. The van der Waals surface area contributed by atoms with E-state index in [2.05, 4.69) is 40.1 Å².